The van der Waals surface area contributed by atoms with E-state index in [0.717, 1.165) is 18.6 Å². The summed E-state index contributed by atoms with van der Waals surface area (Å²) in [7, 11) is -3.44. The summed E-state index contributed by atoms with van der Waals surface area (Å²) in [6, 6.07) is 7.99. The Morgan fingerprint density at radius 1 is 1.15 bits per heavy atom. The second-order valence-electron chi connectivity index (χ2n) is 5.29. The van der Waals surface area contributed by atoms with E-state index in [-0.39, 0.29) is 11.7 Å². The number of benzene rings is 1. The molecule has 4 nitrogen and oxygen atoms in total. The average molecular weight is 299 g/mol. The molecule has 0 aliphatic heterocycles. The molecule has 2 N–H and O–H groups in total. The van der Waals surface area contributed by atoms with Gasteiger partial charge in [0.1, 0.15) is 5.75 Å². The minimum Gasteiger partial charge on any atom is -0.493 e. The fourth-order valence-corrected chi connectivity index (χ4v) is 2.94. The summed E-state index contributed by atoms with van der Waals surface area (Å²) in [4.78, 5) is 0. The molecule has 114 valence electrons. The molecule has 0 heterocycles. The minimum atomic E-state index is -3.44. The Bertz CT molecular complexity index is 496. The lowest BCUT2D eigenvalue weighted by Gasteiger charge is -2.15. The second kappa shape index (κ2) is 7.64. The van der Waals surface area contributed by atoms with Crippen molar-refractivity contribution >= 4 is 10.0 Å². The summed E-state index contributed by atoms with van der Waals surface area (Å²) < 4.78 is 27.8. The van der Waals surface area contributed by atoms with Gasteiger partial charge in [-0.15, -0.1) is 0 Å². The number of hydrogen-bond acceptors (Lipinski definition) is 3. The van der Waals surface area contributed by atoms with Crippen molar-refractivity contribution in [2.75, 3.05) is 12.4 Å². The van der Waals surface area contributed by atoms with Crippen LogP contribution in [0.15, 0.2) is 24.3 Å². The molecule has 0 saturated heterocycles. The molecular formula is C15H25NO3S. The van der Waals surface area contributed by atoms with Crippen LogP contribution < -0.4 is 9.88 Å². The molecule has 5 heteroatoms. The SMILES string of the molecule is CCC(COc1ccc(C(C)CC)cc1)CS(N)(=O)=O. The Hall–Kier alpha value is -1.07. The van der Waals surface area contributed by atoms with Crippen LogP contribution in [0.5, 0.6) is 5.75 Å². The fraction of sp³-hybridized carbons (Fsp3) is 0.600. The van der Waals surface area contributed by atoms with Gasteiger partial charge in [-0.05, 0) is 36.5 Å². The quantitative estimate of drug-likeness (QED) is 0.802. The van der Waals surface area contributed by atoms with Crippen LogP contribution in [0, 0.1) is 5.92 Å². The Balaban J connectivity index is 2.56. The van der Waals surface area contributed by atoms with E-state index in [4.69, 9.17) is 9.88 Å². The van der Waals surface area contributed by atoms with Crippen molar-refractivity contribution in [1.29, 1.82) is 0 Å². The molecule has 0 aliphatic carbocycles. The first-order chi connectivity index (χ1) is 9.35. The number of ether oxygens (including phenoxy) is 1. The molecule has 1 rings (SSSR count). The normalized spacial score (nSPS) is 14.8. The van der Waals surface area contributed by atoms with E-state index in [2.05, 4.69) is 26.0 Å². The largest absolute Gasteiger partial charge is 0.493 e. The van der Waals surface area contributed by atoms with Crippen LogP contribution in [-0.2, 0) is 10.0 Å². The van der Waals surface area contributed by atoms with Gasteiger partial charge in [0.05, 0.1) is 12.4 Å². The van der Waals surface area contributed by atoms with Crippen LogP contribution in [0.2, 0.25) is 0 Å². The van der Waals surface area contributed by atoms with E-state index in [1.807, 2.05) is 19.1 Å². The highest BCUT2D eigenvalue weighted by Crippen LogP contribution is 2.22. The van der Waals surface area contributed by atoms with Gasteiger partial charge in [-0.2, -0.15) is 0 Å². The van der Waals surface area contributed by atoms with Crippen molar-refractivity contribution in [2.45, 2.75) is 39.5 Å². The highest BCUT2D eigenvalue weighted by atomic mass is 32.2. The standard InChI is InChI=1S/C15H25NO3S/c1-4-12(3)14-6-8-15(9-7-14)19-10-13(5-2)11-20(16,17)18/h6-9,12-13H,4-5,10-11H2,1-3H3,(H2,16,17,18). The third kappa shape index (κ3) is 5.92. The van der Waals surface area contributed by atoms with Gasteiger partial charge in [0.15, 0.2) is 0 Å². The minimum absolute atomic E-state index is 0.0333. The van der Waals surface area contributed by atoms with Gasteiger partial charge < -0.3 is 4.74 Å². The summed E-state index contributed by atoms with van der Waals surface area (Å²) >= 11 is 0. The summed E-state index contributed by atoms with van der Waals surface area (Å²) in [6.45, 7) is 6.66. The van der Waals surface area contributed by atoms with Crippen LogP contribution in [0.1, 0.15) is 45.1 Å². The zero-order valence-electron chi connectivity index (χ0n) is 12.5. The summed E-state index contributed by atoms with van der Waals surface area (Å²) in [5, 5.41) is 5.07. The van der Waals surface area contributed by atoms with E-state index < -0.39 is 10.0 Å². The van der Waals surface area contributed by atoms with Gasteiger partial charge >= 0.3 is 0 Å². The number of rotatable bonds is 8. The van der Waals surface area contributed by atoms with E-state index in [1.165, 1.54) is 5.56 Å². The molecule has 1 aromatic carbocycles. The monoisotopic (exact) mass is 299 g/mol. The lowest BCUT2D eigenvalue weighted by atomic mass is 9.99. The van der Waals surface area contributed by atoms with Crippen LogP contribution >= 0.6 is 0 Å². The maximum absolute atomic E-state index is 11.1. The zero-order valence-corrected chi connectivity index (χ0v) is 13.3. The highest BCUT2D eigenvalue weighted by Gasteiger charge is 2.15. The van der Waals surface area contributed by atoms with E-state index in [1.54, 1.807) is 0 Å². The maximum atomic E-state index is 11.1. The molecule has 2 atom stereocenters. The van der Waals surface area contributed by atoms with E-state index >= 15 is 0 Å². The predicted molar refractivity (Wildman–Crippen MR) is 82.4 cm³/mol. The Labute approximate surface area is 122 Å². The van der Waals surface area contributed by atoms with Gasteiger partial charge in [0.25, 0.3) is 0 Å². The van der Waals surface area contributed by atoms with Crippen LogP contribution in [0.3, 0.4) is 0 Å². The summed E-state index contributed by atoms with van der Waals surface area (Å²) in [6.07, 6.45) is 1.83. The van der Waals surface area contributed by atoms with Gasteiger partial charge in [-0.3, -0.25) is 0 Å². The Morgan fingerprint density at radius 3 is 2.20 bits per heavy atom. The molecular weight excluding hydrogens is 274 g/mol. The van der Waals surface area contributed by atoms with Crippen molar-refractivity contribution in [3.63, 3.8) is 0 Å². The van der Waals surface area contributed by atoms with E-state index in [9.17, 15) is 8.42 Å². The lowest BCUT2D eigenvalue weighted by molar-refractivity contribution is 0.257. The molecule has 2 unspecified atom stereocenters. The van der Waals surface area contributed by atoms with Gasteiger partial charge in [-0.25, -0.2) is 13.6 Å². The first kappa shape index (κ1) is 17.0. The molecule has 0 fully saturated rings. The number of hydrogen-bond donors (Lipinski definition) is 1. The Kier molecular flexibility index (Phi) is 6.49. The van der Waals surface area contributed by atoms with Crippen molar-refractivity contribution in [3.05, 3.63) is 29.8 Å². The topological polar surface area (TPSA) is 69.4 Å². The maximum Gasteiger partial charge on any atom is 0.209 e. The predicted octanol–water partition coefficient (Wildman–Crippen LogP) is 2.89. The third-order valence-corrected chi connectivity index (χ3v) is 4.53. The van der Waals surface area contributed by atoms with Crippen LogP contribution in [0.4, 0.5) is 0 Å². The van der Waals surface area contributed by atoms with Crippen LogP contribution in [-0.4, -0.2) is 20.8 Å². The van der Waals surface area contributed by atoms with Gasteiger partial charge in [0.2, 0.25) is 10.0 Å². The van der Waals surface area contributed by atoms with E-state index in [0.29, 0.717) is 12.5 Å². The van der Waals surface area contributed by atoms with Crippen LogP contribution in [0.25, 0.3) is 0 Å². The first-order valence-electron chi connectivity index (χ1n) is 7.09. The lowest BCUT2D eigenvalue weighted by Crippen LogP contribution is -2.26. The molecule has 0 saturated carbocycles. The third-order valence-electron chi connectivity index (χ3n) is 3.59. The molecule has 0 amide bonds. The smallest absolute Gasteiger partial charge is 0.209 e. The summed E-state index contributed by atoms with van der Waals surface area (Å²) in [5.41, 5.74) is 1.29. The van der Waals surface area contributed by atoms with Crippen molar-refractivity contribution in [2.24, 2.45) is 11.1 Å². The Morgan fingerprint density at radius 2 is 1.75 bits per heavy atom. The molecule has 0 bridgehead atoms. The fourth-order valence-electron chi connectivity index (χ4n) is 1.95. The molecule has 0 aromatic heterocycles. The molecule has 0 radical (unpaired) electrons. The highest BCUT2D eigenvalue weighted by molar-refractivity contribution is 7.89. The number of nitrogens with two attached hydrogens (primary N) is 1. The van der Waals surface area contributed by atoms with Gasteiger partial charge in [0, 0.05) is 5.92 Å². The van der Waals surface area contributed by atoms with Crippen molar-refractivity contribution in [1.82, 2.24) is 0 Å². The first-order valence-corrected chi connectivity index (χ1v) is 8.80. The van der Waals surface area contributed by atoms with Crippen molar-refractivity contribution in [3.8, 4) is 5.75 Å². The molecule has 20 heavy (non-hydrogen) atoms. The second-order valence-corrected chi connectivity index (χ2v) is 6.95. The molecule has 0 spiro atoms. The molecule has 1 aromatic rings. The average Bonchev–Trinajstić information content (AvgIpc) is 2.42. The molecule has 0 aliphatic rings. The number of primary sulfonamides is 1. The van der Waals surface area contributed by atoms with Crippen molar-refractivity contribution < 1.29 is 13.2 Å². The number of sulfonamides is 1. The zero-order chi connectivity index (χ0) is 15.2. The summed E-state index contributed by atoms with van der Waals surface area (Å²) in [5.74, 6) is 1.20. The van der Waals surface area contributed by atoms with Gasteiger partial charge in [-0.1, -0.05) is 32.9 Å².